The van der Waals surface area contributed by atoms with Gasteiger partial charge in [0.05, 0.1) is 46.7 Å². The highest BCUT2D eigenvalue weighted by molar-refractivity contribution is 5.85. The number of esters is 7. The molecule has 81 heavy (non-hydrogen) atoms. The van der Waals surface area contributed by atoms with Crippen molar-refractivity contribution in [1.29, 1.82) is 0 Å². The Labute approximate surface area is 482 Å². The molecule has 450 valence electrons. The second kappa shape index (κ2) is 21.1. The van der Waals surface area contributed by atoms with Gasteiger partial charge >= 0.3 is 41.8 Å². The van der Waals surface area contributed by atoms with Crippen LogP contribution in [0, 0.1) is 116 Å². The van der Waals surface area contributed by atoms with Crippen LogP contribution in [0.1, 0.15) is 216 Å². The molecular weight excluding hydrogens is 1030 g/mol. The number of fused-ring (bicyclic) bond motifs is 3. The number of ether oxygens (including phenoxy) is 7. The van der Waals surface area contributed by atoms with Gasteiger partial charge in [-0.15, -0.1) is 0 Å². The van der Waals surface area contributed by atoms with Gasteiger partial charge in [0, 0.05) is 24.7 Å². The Morgan fingerprint density at radius 1 is 0.667 bits per heavy atom. The van der Waals surface area contributed by atoms with Crippen molar-refractivity contribution >= 4 is 41.8 Å². The molecule has 0 radical (unpaired) electrons. The summed E-state index contributed by atoms with van der Waals surface area (Å²) >= 11 is 0. The van der Waals surface area contributed by atoms with Gasteiger partial charge in [-0.05, 0) is 247 Å². The van der Waals surface area contributed by atoms with Gasteiger partial charge in [0.15, 0.2) is 0 Å². The molecule has 14 rings (SSSR count). The smallest absolute Gasteiger partial charge is 0.347 e. The SMILES string of the molecule is CC1C2CCC(C2)C1CC(CCCC(C)(CC(C)(CC(C)(C)C(=O)OC(C)(C)CCOC(=O)C12CC3CC(CC(C3)C1)C2)C(=O)OC1C2CC3C(=O)OC1C3C2)C(=O)OC1CCOC1=O)C(=O)OC1(C(C)C)C2CC3CC(C2)CC1C3. The van der Waals surface area contributed by atoms with Gasteiger partial charge in [0.1, 0.15) is 23.4 Å². The number of cyclic esters (lactones) is 1. The van der Waals surface area contributed by atoms with Gasteiger partial charge in [-0.3, -0.25) is 28.8 Å². The second-order valence-corrected chi connectivity index (χ2v) is 32.1. The van der Waals surface area contributed by atoms with E-state index in [2.05, 4.69) is 20.8 Å². The highest BCUT2D eigenvalue weighted by Crippen LogP contribution is 2.64. The van der Waals surface area contributed by atoms with Crippen LogP contribution in [-0.2, 0) is 66.7 Å². The first-order chi connectivity index (χ1) is 38.3. The number of carbonyl (C=O) groups is 7. The molecule has 2 heterocycles. The van der Waals surface area contributed by atoms with Gasteiger partial charge in [-0.1, -0.05) is 27.2 Å². The van der Waals surface area contributed by atoms with Crippen molar-refractivity contribution in [1.82, 2.24) is 0 Å². The number of carbonyl (C=O) groups excluding carboxylic acids is 7. The van der Waals surface area contributed by atoms with Crippen LogP contribution < -0.4 is 0 Å². The Morgan fingerprint density at radius 2 is 1.30 bits per heavy atom. The minimum Gasteiger partial charge on any atom is -0.465 e. The Bertz CT molecular complexity index is 2430. The van der Waals surface area contributed by atoms with Crippen LogP contribution in [0.15, 0.2) is 0 Å². The van der Waals surface area contributed by atoms with Crippen LogP contribution in [0.5, 0.6) is 0 Å². The molecule has 14 nitrogen and oxygen atoms in total. The molecule has 0 N–H and O–H groups in total. The average Bonchev–Trinajstić information content (AvgIpc) is 4.41. The zero-order valence-corrected chi connectivity index (χ0v) is 50.6. The monoisotopic (exact) mass is 1130 g/mol. The van der Waals surface area contributed by atoms with Crippen LogP contribution in [0.4, 0.5) is 0 Å². The van der Waals surface area contributed by atoms with Crippen molar-refractivity contribution in [2.24, 2.45) is 116 Å². The minimum atomic E-state index is -1.53. The maximum absolute atomic E-state index is 15.5. The Morgan fingerprint density at radius 3 is 1.90 bits per heavy atom. The molecular formula is C67H98O14. The van der Waals surface area contributed by atoms with E-state index >= 15 is 14.4 Å². The lowest BCUT2D eigenvalue weighted by Gasteiger charge is -2.62. The maximum atomic E-state index is 15.5. The molecule has 12 bridgehead atoms. The fourth-order valence-electron chi connectivity index (χ4n) is 21.8. The van der Waals surface area contributed by atoms with Gasteiger partial charge in [0.2, 0.25) is 6.10 Å². The highest BCUT2D eigenvalue weighted by Gasteiger charge is 2.65. The van der Waals surface area contributed by atoms with Crippen molar-refractivity contribution in [2.75, 3.05) is 13.2 Å². The zero-order chi connectivity index (χ0) is 57.3. The third kappa shape index (κ3) is 10.5. The highest BCUT2D eigenvalue weighted by atomic mass is 16.6. The summed E-state index contributed by atoms with van der Waals surface area (Å²) in [5.74, 6) is 2.75. The lowest BCUT2D eigenvalue weighted by atomic mass is 9.47. The quantitative estimate of drug-likeness (QED) is 0.0695. The molecule has 13 unspecified atom stereocenters. The van der Waals surface area contributed by atoms with Gasteiger partial charge in [0.25, 0.3) is 0 Å². The van der Waals surface area contributed by atoms with Crippen LogP contribution >= 0.6 is 0 Å². The molecule has 14 aliphatic rings. The molecule has 14 fully saturated rings. The second-order valence-electron chi connectivity index (χ2n) is 32.1. The van der Waals surface area contributed by atoms with Crippen LogP contribution in [-0.4, -0.2) is 84.5 Å². The van der Waals surface area contributed by atoms with E-state index in [1.807, 2.05) is 13.8 Å². The van der Waals surface area contributed by atoms with Gasteiger partial charge in [-0.2, -0.15) is 0 Å². The lowest BCUT2D eigenvalue weighted by Crippen LogP contribution is -2.62. The summed E-state index contributed by atoms with van der Waals surface area (Å²) in [4.78, 5) is 100. The van der Waals surface area contributed by atoms with Crippen LogP contribution in [0.2, 0.25) is 0 Å². The summed E-state index contributed by atoms with van der Waals surface area (Å²) in [6, 6.07) is 0. The van der Waals surface area contributed by atoms with E-state index in [1.165, 1.54) is 44.9 Å². The molecule has 12 saturated carbocycles. The number of hydrogen-bond acceptors (Lipinski definition) is 14. The summed E-state index contributed by atoms with van der Waals surface area (Å²) in [5, 5.41) is 0. The molecule has 0 aromatic carbocycles. The summed E-state index contributed by atoms with van der Waals surface area (Å²) in [5.41, 5.74) is -6.20. The van der Waals surface area contributed by atoms with Crippen LogP contribution in [0.3, 0.4) is 0 Å². The summed E-state index contributed by atoms with van der Waals surface area (Å²) in [7, 11) is 0. The zero-order valence-electron chi connectivity index (χ0n) is 50.6. The van der Waals surface area contributed by atoms with E-state index < -0.39 is 75.1 Å². The molecule has 2 aliphatic heterocycles. The van der Waals surface area contributed by atoms with E-state index in [-0.39, 0.29) is 92.8 Å². The van der Waals surface area contributed by atoms with Crippen molar-refractivity contribution < 1.29 is 66.7 Å². The third-order valence-corrected chi connectivity index (χ3v) is 25.0. The van der Waals surface area contributed by atoms with Crippen molar-refractivity contribution in [2.45, 2.75) is 246 Å². The molecule has 12 aliphatic carbocycles. The van der Waals surface area contributed by atoms with Crippen molar-refractivity contribution in [3.63, 3.8) is 0 Å². The minimum absolute atomic E-state index is 0.0285. The molecule has 14 heteroatoms. The van der Waals surface area contributed by atoms with Gasteiger partial charge in [-0.25, -0.2) is 4.79 Å². The van der Waals surface area contributed by atoms with Gasteiger partial charge < -0.3 is 33.2 Å². The molecule has 0 aromatic rings. The predicted molar refractivity (Wildman–Crippen MR) is 297 cm³/mol. The fourth-order valence-corrected chi connectivity index (χ4v) is 21.8. The first-order valence-corrected chi connectivity index (χ1v) is 32.7. The largest absolute Gasteiger partial charge is 0.465 e. The maximum Gasteiger partial charge on any atom is 0.347 e. The molecule has 0 aromatic heterocycles. The lowest BCUT2D eigenvalue weighted by molar-refractivity contribution is -0.228. The fraction of sp³-hybridized carbons (Fsp3) is 0.896. The van der Waals surface area contributed by atoms with E-state index in [9.17, 15) is 19.2 Å². The number of rotatable bonds is 23. The number of hydrogen-bond donors (Lipinski definition) is 0. The average molecular weight is 1130 g/mol. The van der Waals surface area contributed by atoms with Crippen molar-refractivity contribution in [3.05, 3.63) is 0 Å². The van der Waals surface area contributed by atoms with Crippen LogP contribution in [0.25, 0.3) is 0 Å². The Kier molecular flexibility index (Phi) is 15.0. The van der Waals surface area contributed by atoms with E-state index in [4.69, 9.17) is 33.2 Å². The predicted octanol–water partition coefficient (Wildman–Crippen LogP) is 11.9. The standard InChI is InChI=1S/C67H98O14/c1-36(2)67(47-23-38-19-39(25-47)26-48(67)24-38)80-55(68)45(28-49-37(3)43-12-13-44(49)27-43)11-10-15-64(8,59(72)77-52-14-17-75-57(52)70)35-65(9,60(73)79-53-46-29-50-51(30-46)56(69)78-54(50)53)34-62(4,5)58(71)81-63(6,7)16-18-76-61(74)66-31-40-20-41(32-66)22-42(21-40)33-66/h36-54H,10-35H2,1-9H3. The summed E-state index contributed by atoms with van der Waals surface area (Å²) < 4.78 is 43.4. The molecule has 0 amide bonds. The first-order valence-electron chi connectivity index (χ1n) is 32.7. The van der Waals surface area contributed by atoms with E-state index in [1.54, 1.807) is 27.7 Å². The summed E-state index contributed by atoms with van der Waals surface area (Å²) in [6.07, 6.45) is 16.9. The molecule has 13 atom stereocenters. The Balaban J connectivity index is 0.789. The first kappa shape index (κ1) is 57.7. The normalized spacial score (nSPS) is 41.9. The third-order valence-electron chi connectivity index (χ3n) is 25.0. The van der Waals surface area contributed by atoms with E-state index in [0.717, 1.165) is 63.2 Å². The van der Waals surface area contributed by atoms with E-state index in [0.29, 0.717) is 78.9 Å². The Hall–Kier alpha value is -3.71. The molecule has 2 saturated heterocycles. The topological polar surface area (TPSA) is 184 Å². The summed E-state index contributed by atoms with van der Waals surface area (Å²) in [6.45, 7) is 17.7. The van der Waals surface area contributed by atoms with Crippen molar-refractivity contribution in [3.8, 4) is 0 Å². The molecule has 0 spiro atoms.